The van der Waals surface area contributed by atoms with E-state index in [0.29, 0.717) is 23.9 Å². The maximum absolute atomic E-state index is 11.2. The first-order valence-electron chi connectivity index (χ1n) is 6.51. The summed E-state index contributed by atoms with van der Waals surface area (Å²) in [7, 11) is 1.75. The predicted octanol–water partition coefficient (Wildman–Crippen LogP) is 2.49. The molecule has 6 nitrogen and oxygen atoms in total. The molecule has 1 fully saturated rings. The van der Waals surface area contributed by atoms with Gasteiger partial charge >= 0.3 is 5.69 Å². The third-order valence-electron chi connectivity index (χ3n) is 3.83. The minimum Gasteiger partial charge on any atom is -0.362 e. The Morgan fingerprint density at radius 3 is 2.72 bits per heavy atom. The zero-order chi connectivity index (χ0) is 13.3. The molecule has 1 N–H and O–H groups in total. The molecule has 1 unspecified atom stereocenters. The van der Waals surface area contributed by atoms with Gasteiger partial charge in [0.25, 0.3) is 0 Å². The van der Waals surface area contributed by atoms with Crippen LogP contribution in [0.5, 0.6) is 0 Å². The quantitative estimate of drug-likeness (QED) is 0.645. The number of nitro groups is 1. The smallest absolute Gasteiger partial charge is 0.333 e. The minimum atomic E-state index is -0.332. The van der Waals surface area contributed by atoms with Crippen molar-refractivity contribution in [3.63, 3.8) is 0 Å². The molecule has 0 aromatic carbocycles. The average Bonchev–Trinajstić information content (AvgIpc) is 2.53. The Labute approximate surface area is 107 Å². The summed E-state index contributed by atoms with van der Waals surface area (Å²) in [5.41, 5.74) is 0.678. The molecule has 1 heterocycles. The summed E-state index contributed by atoms with van der Waals surface area (Å²) >= 11 is 0. The van der Waals surface area contributed by atoms with Gasteiger partial charge in [0, 0.05) is 13.1 Å². The standard InChI is InChI=1S/C12H20N4O2/c1-4-10-11(16(17)18)12(15(3)14-10)13-8(2)9-6-5-7-9/h8-9,13H,4-7H2,1-3H3. The Morgan fingerprint density at radius 2 is 2.28 bits per heavy atom. The second-order valence-electron chi connectivity index (χ2n) is 5.00. The number of hydrogen-bond acceptors (Lipinski definition) is 4. The Morgan fingerprint density at radius 1 is 1.61 bits per heavy atom. The average molecular weight is 252 g/mol. The van der Waals surface area contributed by atoms with E-state index in [2.05, 4.69) is 17.3 Å². The SMILES string of the molecule is CCc1nn(C)c(NC(C)C2CCC2)c1[N+](=O)[O-]. The molecule has 0 aliphatic heterocycles. The number of rotatable bonds is 5. The van der Waals surface area contributed by atoms with E-state index in [1.165, 1.54) is 19.3 Å². The first-order chi connectivity index (χ1) is 8.54. The first kappa shape index (κ1) is 12.9. The van der Waals surface area contributed by atoms with E-state index >= 15 is 0 Å². The predicted molar refractivity (Wildman–Crippen MR) is 69.7 cm³/mol. The van der Waals surface area contributed by atoms with Crippen LogP contribution in [0.2, 0.25) is 0 Å². The van der Waals surface area contributed by atoms with Crippen molar-refractivity contribution in [2.24, 2.45) is 13.0 Å². The summed E-state index contributed by atoms with van der Waals surface area (Å²) in [5.74, 6) is 1.17. The monoisotopic (exact) mass is 252 g/mol. The lowest BCUT2D eigenvalue weighted by Crippen LogP contribution is -2.31. The molecule has 1 saturated carbocycles. The molecular weight excluding hydrogens is 232 g/mol. The Kier molecular flexibility index (Phi) is 3.54. The summed E-state index contributed by atoms with van der Waals surface area (Å²) in [6.07, 6.45) is 4.26. The molecule has 0 spiro atoms. The fraction of sp³-hybridized carbons (Fsp3) is 0.750. The van der Waals surface area contributed by atoms with Crippen molar-refractivity contribution in [3.05, 3.63) is 15.8 Å². The lowest BCUT2D eigenvalue weighted by atomic mass is 9.80. The van der Waals surface area contributed by atoms with Crippen LogP contribution >= 0.6 is 0 Å². The van der Waals surface area contributed by atoms with Crippen LogP contribution in [0.3, 0.4) is 0 Å². The largest absolute Gasteiger partial charge is 0.362 e. The lowest BCUT2D eigenvalue weighted by molar-refractivity contribution is -0.384. The second-order valence-corrected chi connectivity index (χ2v) is 5.00. The highest BCUT2D eigenvalue weighted by molar-refractivity contribution is 5.60. The number of aromatic nitrogens is 2. The van der Waals surface area contributed by atoms with Crippen LogP contribution in [0.15, 0.2) is 0 Å². The van der Waals surface area contributed by atoms with E-state index in [1.807, 2.05) is 6.92 Å². The van der Waals surface area contributed by atoms with Gasteiger partial charge in [-0.15, -0.1) is 0 Å². The van der Waals surface area contributed by atoms with Gasteiger partial charge in [0.1, 0.15) is 5.69 Å². The van der Waals surface area contributed by atoms with Gasteiger partial charge in [-0.05, 0) is 32.1 Å². The minimum absolute atomic E-state index is 0.131. The van der Waals surface area contributed by atoms with Gasteiger partial charge in [0.2, 0.25) is 5.82 Å². The summed E-state index contributed by atoms with van der Waals surface area (Å²) in [5, 5.41) is 18.7. The second kappa shape index (κ2) is 4.96. The topological polar surface area (TPSA) is 73.0 Å². The van der Waals surface area contributed by atoms with Crippen molar-refractivity contribution >= 4 is 11.5 Å². The van der Waals surface area contributed by atoms with Crippen LogP contribution in [0.25, 0.3) is 0 Å². The third-order valence-corrected chi connectivity index (χ3v) is 3.83. The number of anilines is 1. The molecule has 18 heavy (non-hydrogen) atoms. The molecule has 1 aliphatic carbocycles. The summed E-state index contributed by atoms with van der Waals surface area (Å²) in [6.45, 7) is 3.97. The first-order valence-corrected chi connectivity index (χ1v) is 6.51. The third kappa shape index (κ3) is 2.19. The summed E-state index contributed by atoms with van der Waals surface area (Å²) in [6, 6.07) is 0.262. The van der Waals surface area contributed by atoms with E-state index in [-0.39, 0.29) is 16.7 Å². The number of nitrogens with one attached hydrogen (secondary N) is 1. The van der Waals surface area contributed by atoms with Crippen LogP contribution in [-0.4, -0.2) is 20.7 Å². The number of hydrogen-bond donors (Lipinski definition) is 1. The van der Waals surface area contributed by atoms with E-state index in [1.54, 1.807) is 11.7 Å². The molecular formula is C12H20N4O2. The highest BCUT2D eigenvalue weighted by Crippen LogP contribution is 2.34. The maximum atomic E-state index is 11.2. The highest BCUT2D eigenvalue weighted by Gasteiger charge is 2.30. The lowest BCUT2D eigenvalue weighted by Gasteiger charge is -2.32. The van der Waals surface area contributed by atoms with Gasteiger partial charge in [0.15, 0.2) is 0 Å². The van der Waals surface area contributed by atoms with Crippen LogP contribution in [0, 0.1) is 16.0 Å². The van der Waals surface area contributed by atoms with Gasteiger partial charge in [-0.3, -0.25) is 10.1 Å². The molecule has 0 radical (unpaired) electrons. The molecule has 1 aliphatic rings. The van der Waals surface area contributed by atoms with Crippen molar-refractivity contribution in [3.8, 4) is 0 Å². The number of nitrogens with zero attached hydrogens (tertiary/aromatic N) is 3. The van der Waals surface area contributed by atoms with E-state index < -0.39 is 0 Å². The summed E-state index contributed by atoms with van der Waals surface area (Å²) < 4.78 is 1.59. The van der Waals surface area contributed by atoms with Gasteiger partial charge in [-0.1, -0.05) is 13.3 Å². The molecule has 100 valence electrons. The van der Waals surface area contributed by atoms with Crippen molar-refractivity contribution in [1.29, 1.82) is 0 Å². The van der Waals surface area contributed by atoms with E-state index in [9.17, 15) is 10.1 Å². The molecule has 0 bridgehead atoms. The molecule has 1 aromatic heterocycles. The zero-order valence-corrected chi connectivity index (χ0v) is 11.1. The fourth-order valence-corrected chi connectivity index (χ4v) is 2.43. The molecule has 2 rings (SSSR count). The highest BCUT2D eigenvalue weighted by atomic mass is 16.6. The van der Waals surface area contributed by atoms with E-state index in [4.69, 9.17) is 0 Å². The van der Waals surface area contributed by atoms with Crippen LogP contribution in [0.4, 0.5) is 11.5 Å². The molecule has 0 amide bonds. The van der Waals surface area contributed by atoms with E-state index in [0.717, 1.165) is 0 Å². The fourth-order valence-electron chi connectivity index (χ4n) is 2.43. The Balaban J connectivity index is 2.25. The van der Waals surface area contributed by atoms with Crippen molar-refractivity contribution in [2.75, 3.05) is 5.32 Å². The number of aryl methyl sites for hydroxylation is 2. The maximum Gasteiger partial charge on any atom is 0.333 e. The Hall–Kier alpha value is -1.59. The van der Waals surface area contributed by atoms with Crippen molar-refractivity contribution < 1.29 is 4.92 Å². The van der Waals surface area contributed by atoms with Crippen LogP contribution in [-0.2, 0) is 13.5 Å². The van der Waals surface area contributed by atoms with Gasteiger partial charge in [-0.2, -0.15) is 5.10 Å². The van der Waals surface area contributed by atoms with Crippen molar-refractivity contribution in [2.45, 2.75) is 45.6 Å². The molecule has 0 saturated heterocycles. The van der Waals surface area contributed by atoms with Crippen LogP contribution < -0.4 is 5.32 Å². The molecule has 1 aromatic rings. The van der Waals surface area contributed by atoms with Gasteiger partial charge in [-0.25, -0.2) is 4.68 Å². The van der Waals surface area contributed by atoms with Crippen molar-refractivity contribution in [1.82, 2.24) is 9.78 Å². The summed E-state index contributed by atoms with van der Waals surface area (Å²) in [4.78, 5) is 10.8. The van der Waals surface area contributed by atoms with Gasteiger partial charge < -0.3 is 5.32 Å². The zero-order valence-electron chi connectivity index (χ0n) is 11.1. The Bertz CT molecular complexity index is 451. The van der Waals surface area contributed by atoms with Crippen LogP contribution in [0.1, 0.15) is 38.8 Å². The molecule has 6 heteroatoms. The molecule has 1 atom stereocenters. The normalized spacial score (nSPS) is 17.3. The van der Waals surface area contributed by atoms with Gasteiger partial charge in [0.05, 0.1) is 4.92 Å².